The molecule has 0 bridgehead atoms. The Morgan fingerprint density at radius 1 is 1.10 bits per heavy atom. The van der Waals surface area contributed by atoms with Gasteiger partial charge in [-0.25, -0.2) is 0 Å². The minimum Gasteiger partial charge on any atom is -0.309 e. The Morgan fingerprint density at radius 3 is 2.24 bits per heavy atom. The quantitative estimate of drug-likeness (QED) is 0.822. The minimum atomic E-state index is -4.27. The van der Waals surface area contributed by atoms with Crippen molar-refractivity contribution in [2.75, 3.05) is 6.54 Å². The highest BCUT2D eigenvalue weighted by Crippen LogP contribution is 2.30. The van der Waals surface area contributed by atoms with Crippen LogP contribution in [-0.4, -0.2) is 6.54 Å². The largest absolute Gasteiger partial charge is 0.416 e. The van der Waals surface area contributed by atoms with Crippen molar-refractivity contribution in [2.45, 2.75) is 32.5 Å². The molecule has 1 N–H and O–H groups in total. The van der Waals surface area contributed by atoms with Gasteiger partial charge in [-0.3, -0.25) is 0 Å². The molecule has 1 nitrogen and oxygen atoms in total. The van der Waals surface area contributed by atoms with Crippen molar-refractivity contribution in [3.63, 3.8) is 0 Å². The van der Waals surface area contributed by atoms with Crippen LogP contribution < -0.4 is 5.32 Å². The van der Waals surface area contributed by atoms with Crippen LogP contribution in [0.3, 0.4) is 0 Å². The SMILES string of the molecule is CCNC(Cc1ccc(C(F)(F)F)cc1)c1ccc(C)s1. The summed E-state index contributed by atoms with van der Waals surface area (Å²) in [4.78, 5) is 2.45. The number of benzene rings is 1. The second-order valence-electron chi connectivity index (χ2n) is 4.96. The molecule has 1 unspecified atom stereocenters. The van der Waals surface area contributed by atoms with Crippen molar-refractivity contribution in [1.29, 1.82) is 0 Å². The molecule has 5 heteroatoms. The van der Waals surface area contributed by atoms with Gasteiger partial charge in [-0.15, -0.1) is 11.3 Å². The van der Waals surface area contributed by atoms with Gasteiger partial charge in [0.2, 0.25) is 0 Å². The van der Waals surface area contributed by atoms with Crippen molar-refractivity contribution < 1.29 is 13.2 Å². The third-order valence-corrected chi connectivity index (χ3v) is 4.39. The zero-order valence-electron chi connectivity index (χ0n) is 12.0. The molecule has 1 aromatic heterocycles. The molecule has 21 heavy (non-hydrogen) atoms. The van der Waals surface area contributed by atoms with E-state index in [4.69, 9.17) is 0 Å². The molecule has 0 saturated carbocycles. The highest BCUT2D eigenvalue weighted by atomic mass is 32.1. The predicted molar refractivity (Wildman–Crippen MR) is 80.6 cm³/mol. The molecule has 0 saturated heterocycles. The highest BCUT2D eigenvalue weighted by molar-refractivity contribution is 7.12. The van der Waals surface area contributed by atoms with Gasteiger partial charge >= 0.3 is 6.18 Å². The summed E-state index contributed by atoms with van der Waals surface area (Å²) in [6.45, 7) is 4.90. The highest BCUT2D eigenvalue weighted by Gasteiger charge is 2.30. The van der Waals surface area contributed by atoms with Gasteiger partial charge in [0.25, 0.3) is 0 Å². The smallest absolute Gasteiger partial charge is 0.309 e. The molecule has 0 amide bonds. The summed E-state index contributed by atoms with van der Waals surface area (Å²) in [5.74, 6) is 0. The van der Waals surface area contributed by atoms with E-state index in [1.54, 1.807) is 23.5 Å². The molecule has 114 valence electrons. The van der Waals surface area contributed by atoms with E-state index in [1.165, 1.54) is 9.75 Å². The van der Waals surface area contributed by atoms with E-state index in [2.05, 4.69) is 24.4 Å². The average Bonchev–Trinajstić information content (AvgIpc) is 2.84. The monoisotopic (exact) mass is 313 g/mol. The summed E-state index contributed by atoms with van der Waals surface area (Å²) in [5.41, 5.74) is 0.304. The second-order valence-corrected chi connectivity index (χ2v) is 6.28. The first-order valence-electron chi connectivity index (χ1n) is 6.86. The summed E-state index contributed by atoms with van der Waals surface area (Å²) < 4.78 is 37.7. The van der Waals surface area contributed by atoms with Crippen LogP contribution >= 0.6 is 11.3 Å². The minimum absolute atomic E-state index is 0.144. The Bertz CT molecular complexity index is 572. The van der Waals surface area contributed by atoms with E-state index in [0.717, 1.165) is 24.2 Å². The first-order valence-corrected chi connectivity index (χ1v) is 7.67. The fourth-order valence-corrected chi connectivity index (χ4v) is 3.18. The van der Waals surface area contributed by atoms with Gasteiger partial charge in [0, 0.05) is 15.8 Å². The summed E-state index contributed by atoms with van der Waals surface area (Å²) in [5, 5.41) is 3.39. The number of aryl methyl sites for hydroxylation is 1. The molecular weight excluding hydrogens is 295 g/mol. The lowest BCUT2D eigenvalue weighted by molar-refractivity contribution is -0.137. The maximum Gasteiger partial charge on any atom is 0.416 e. The summed E-state index contributed by atoms with van der Waals surface area (Å²) in [6, 6.07) is 9.72. The maximum absolute atomic E-state index is 12.6. The van der Waals surface area contributed by atoms with Crippen molar-refractivity contribution in [3.8, 4) is 0 Å². The average molecular weight is 313 g/mol. The van der Waals surface area contributed by atoms with Crippen molar-refractivity contribution in [1.82, 2.24) is 5.32 Å². The molecule has 0 radical (unpaired) electrons. The lowest BCUT2D eigenvalue weighted by Gasteiger charge is -2.17. The van der Waals surface area contributed by atoms with E-state index in [-0.39, 0.29) is 6.04 Å². The molecular formula is C16H18F3NS. The lowest BCUT2D eigenvalue weighted by Crippen LogP contribution is -2.22. The molecule has 1 heterocycles. The van der Waals surface area contributed by atoms with E-state index in [0.29, 0.717) is 6.42 Å². The van der Waals surface area contributed by atoms with E-state index in [9.17, 15) is 13.2 Å². The topological polar surface area (TPSA) is 12.0 Å². The van der Waals surface area contributed by atoms with E-state index >= 15 is 0 Å². The molecule has 0 aliphatic heterocycles. The normalized spacial score (nSPS) is 13.4. The third kappa shape index (κ3) is 4.32. The predicted octanol–water partition coefficient (Wildman–Crippen LogP) is 4.97. The van der Waals surface area contributed by atoms with Crippen LogP contribution in [0.25, 0.3) is 0 Å². The number of halogens is 3. The molecule has 1 atom stereocenters. The Morgan fingerprint density at radius 2 is 1.76 bits per heavy atom. The van der Waals surface area contributed by atoms with Gasteiger partial charge in [0.15, 0.2) is 0 Å². The van der Waals surface area contributed by atoms with Crippen LogP contribution in [-0.2, 0) is 12.6 Å². The molecule has 0 aliphatic carbocycles. The Kier molecular flexibility index (Phi) is 5.06. The number of likely N-dealkylation sites (N-methyl/N-ethyl adjacent to an activating group) is 1. The van der Waals surface area contributed by atoms with Crippen LogP contribution in [0.15, 0.2) is 36.4 Å². The molecule has 2 rings (SSSR count). The fourth-order valence-electron chi connectivity index (χ4n) is 2.23. The summed E-state index contributed by atoms with van der Waals surface area (Å²) in [7, 11) is 0. The number of hydrogen-bond donors (Lipinski definition) is 1. The molecule has 0 spiro atoms. The number of hydrogen-bond acceptors (Lipinski definition) is 2. The van der Waals surface area contributed by atoms with Gasteiger partial charge in [0.1, 0.15) is 0 Å². The zero-order chi connectivity index (χ0) is 15.5. The first-order chi connectivity index (χ1) is 9.90. The number of alkyl halides is 3. The number of rotatable bonds is 5. The maximum atomic E-state index is 12.6. The second kappa shape index (κ2) is 6.62. The van der Waals surface area contributed by atoms with Crippen molar-refractivity contribution >= 4 is 11.3 Å². The fraction of sp³-hybridized carbons (Fsp3) is 0.375. The van der Waals surface area contributed by atoms with Gasteiger partial charge in [-0.2, -0.15) is 13.2 Å². The van der Waals surface area contributed by atoms with Crippen LogP contribution in [0, 0.1) is 6.92 Å². The van der Waals surface area contributed by atoms with Gasteiger partial charge < -0.3 is 5.32 Å². The Hall–Kier alpha value is -1.33. The lowest BCUT2D eigenvalue weighted by atomic mass is 10.0. The van der Waals surface area contributed by atoms with E-state index in [1.807, 2.05) is 6.92 Å². The van der Waals surface area contributed by atoms with Crippen LogP contribution in [0.1, 0.15) is 33.8 Å². The van der Waals surface area contributed by atoms with E-state index < -0.39 is 11.7 Å². The summed E-state index contributed by atoms with van der Waals surface area (Å²) in [6.07, 6.45) is -3.59. The van der Waals surface area contributed by atoms with Gasteiger partial charge in [0.05, 0.1) is 5.56 Å². The van der Waals surface area contributed by atoms with Crippen molar-refractivity contribution in [3.05, 3.63) is 57.3 Å². The van der Waals surface area contributed by atoms with Crippen molar-refractivity contribution in [2.24, 2.45) is 0 Å². The standard InChI is InChI=1S/C16H18F3NS/c1-3-20-14(15-9-4-11(2)21-15)10-12-5-7-13(8-6-12)16(17,18)19/h4-9,14,20H,3,10H2,1-2H3. The van der Waals surface area contributed by atoms with Gasteiger partial charge in [-0.1, -0.05) is 19.1 Å². The van der Waals surface area contributed by atoms with Crippen LogP contribution in [0.4, 0.5) is 13.2 Å². The first kappa shape index (κ1) is 16.0. The molecule has 2 aromatic rings. The zero-order valence-corrected chi connectivity index (χ0v) is 12.8. The van der Waals surface area contributed by atoms with Gasteiger partial charge in [-0.05, 0) is 49.7 Å². The third-order valence-electron chi connectivity index (χ3n) is 3.28. The molecule has 1 aromatic carbocycles. The molecule has 0 fully saturated rings. The van der Waals surface area contributed by atoms with Crippen LogP contribution in [0.2, 0.25) is 0 Å². The number of thiophene rings is 1. The number of nitrogens with one attached hydrogen (secondary N) is 1. The Balaban J connectivity index is 2.14. The summed E-state index contributed by atoms with van der Waals surface area (Å²) >= 11 is 1.72. The Labute approximate surface area is 126 Å². The molecule has 0 aliphatic rings. The van der Waals surface area contributed by atoms with Crippen LogP contribution in [0.5, 0.6) is 0 Å².